The van der Waals surface area contributed by atoms with Gasteiger partial charge in [0.15, 0.2) is 5.78 Å². The molecule has 0 radical (unpaired) electrons. The van der Waals surface area contributed by atoms with Crippen molar-refractivity contribution < 1.29 is 9.18 Å². The Morgan fingerprint density at radius 3 is 2.90 bits per heavy atom. The van der Waals surface area contributed by atoms with Crippen LogP contribution in [-0.2, 0) is 12.8 Å². The van der Waals surface area contributed by atoms with Gasteiger partial charge in [-0.1, -0.05) is 15.9 Å². The number of benzene rings is 2. The second-order valence-corrected chi connectivity index (χ2v) is 5.84. The van der Waals surface area contributed by atoms with Crippen LogP contribution in [0.3, 0.4) is 0 Å². The minimum absolute atomic E-state index is 0.0113. The first-order valence-electron chi connectivity index (χ1n) is 6.47. The van der Waals surface area contributed by atoms with Crippen LogP contribution in [0, 0.1) is 5.82 Å². The fourth-order valence-electron chi connectivity index (χ4n) is 2.48. The van der Waals surface area contributed by atoms with Gasteiger partial charge in [0.05, 0.1) is 0 Å². The lowest BCUT2D eigenvalue weighted by molar-refractivity contribution is 0.0993. The topological polar surface area (TPSA) is 29.1 Å². The quantitative estimate of drug-likeness (QED) is 0.861. The van der Waals surface area contributed by atoms with Crippen LogP contribution in [0.25, 0.3) is 0 Å². The van der Waals surface area contributed by atoms with E-state index in [0.717, 1.165) is 18.7 Å². The second-order valence-electron chi connectivity index (χ2n) is 4.93. The van der Waals surface area contributed by atoms with Crippen LogP contribution in [0.1, 0.15) is 21.5 Å². The zero-order chi connectivity index (χ0) is 14.1. The van der Waals surface area contributed by atoms with Crippen molar-refractivity contribution in [2.45, 2.75) is 12.8 Å². The van der Waals surface area contributed by atoms with Crippen molar-refractivity contribution in [3.8, 4) is 0 Å². The van der Waals surface area contributed by atoms with E-state index in [1.165, 1.54) is 17.7 Å². The minimum atomic E-state index is -0.333. The fraction of sp³-hybridized carbons (Fsp3) is 0.188. The lowest BCUT2D eigenvalue weighted by Crippen LogP contribution is -2.04. The average Bonchev–Trinajstić information content (AvgIpc) is 2.84. The number of hydrogen-bond acceptors (Lipinski definition) is 2. The molecule has 0 aromatic heterocycles. The first-order valence-corrected chi connectivity index (χ1v) is 7.26. The molecule has 1 aliphatic rings. The zero-order valence-electron chi connectivity index (χ0n) is 10.7. The Hall–Kier alpha value is -1.68. The molecular formula is C16H13BrFNO. The molecule has 0 fully saturated rings. The maximum atomic E-state index is 13.3. The van der Waals surface area contributed by atoms with Crippen molar-refractivity contribution in [3.05, 3.63) is 63.4 Å². The van der Waals surface area contributed by atoms with Crippen molar-refractivity contribution in [3.63, 3.8) is 0 Å². The molecule has 0 saturated carbocycles. The fourth-order valence-corrected chi connectivity index (χ4v) is 2.99. The summed E-state index contributed by atoms with van der Waals surface area (Å²) in [5, 5.41) is 3.26. The van der Waals surface area contributed by atoms with Gasteiger partial charge in [0, 0.05) is 28.7 Å². The monoisotopic (exact) mass is 333 g/mol. The molecule has 0 unspecified atom stereocenters. The van der Waals surface area contributed by atoms with Crippen LogP contribution < -0.4 is 5.32 Å². The highest BCUT2D eigenvalue weighted by Gasteiger charge is 2.14. The lowest BCUT2D eigenvalue weighted by Gasteiger charge is -2.05. The van der Waals surface area contributed by atoms with Gasteiger partial charge >= 0.3 is 0 Å². The van der Waals surface area contributed by atoms with Gasteiger partial charge < -0.3 is 5.32 Å². The number of Topliss-reactive ketones (excluding diaryl/α,β-unsaturated/α-hetero) is 1. The van der Waals surface area contributed by atoms with E-state index in [1.54, 1.807) is 6.07 Å². The number of anilines is 1. The number of halogens is 2. The van der Waals surface area contributed by atoms with Crippen LogP contribution in [0.5, 0.6) is 0 Å². The predicted octanol–water partition coefficient (Wildman–Crippen LogP) is 3.98. The number of nitrogens with one attached hydrogen (secondary N) is 1. The largest absolute Gasteiger partial charge is 0.384 e. The van der Waals surface area contributed by atoms with Gasteiger partial charge in [-0.2, -0.15) is 0 Å². The molecule has 0 bridgehead atoms. The summed E-state index contributed by atoms with van der Waals surface area (Å²) < 4.78 is 14.0. The van der Waals surface area contributed by atoms with Crippen molar-refractivity contribution in [1.29, 1.82) is 0 Å². The molecule has 1 aliphatic heterocycles. The molecule has 2 aromatic carbocycles. The second kappa shape index (κ2) is 5.37. The van der Waals surface area contributed by atoms with Gasteiger partial charge in [0.1, 0.15) is 5.82 Å². The van der Waals surface area contributed by atoms with E-state index >= 15 is 0 Å². The summed E-state index contributed by atoms with van der Waals surface area (Å²) in [5.41, 5.74) is 3.65. The number of rotatable bonds is 3. The SMILES string of the molecule is O=C(Cc1cc(F)cc(Br)c1)c1ccc2c(c1)CCN2. The molecule has 0 aliphatic carbocycles. The normalized spacial score (nSPS) is 12.9. The summed E-state index contributed by atoms with van der Waals surface area (Å²) >= 11 is 3.24. The van der Waals surface area contributed by atoms with Crippen LogP contribution in [-0.4, -0.2) is 12.3 Å². The highest BCUT2D eigenvalue weighted by molar-refractivity contribution is 9.10. The van der Waals surface area contributed by atoms with E-state index in [-0.39, 0.29) is 18.0 Å². The van der Waals surface area contributed by atoms with E-state index in [0.29, 0.717) is 15.6 Å². The Morgan fingerprint density at radius 1 is 1.25 bits per heavy atom. The van der Waals surface area contributed by atoms with Crippen molar-refractivity contribution in [2.75, 3.05) is 11.9 Å². The highest BCUT2D eigenvalue weighted by Crippen LogP contribution is 2.24. The summed E-state index contributed by atoms with van der Waals surface area (Å²) in [6.07, 6.45) is 1.16. The predicted molar refractivity (Wildman–Crippen MR) is 80.8 cm³/mol. The molecule has 3 rings (SSSR count). The molecule has 2 aromatic rings. The van der Waals surface area contributed by atoms with E-state index in [2.05, 4.69) is 21.2 Å². The number of fused-ring (bicyclic) bond motifs is 1. The Balaban J connectivity index is 1.82. The minimum Gasteiger partial charge on any atom is -0.384 e. The molecule has 0 saturated heterocycles. The first kappa shape index (κ1) is 13.3. The van der Waals surface area contributed by atoms with Gasteiger partial charge in [-0.05, 0) is 53.9 Å². The molecule has 0 atom stereocenters. The zero-order valence-corrected chi connectivity index (χ0v) is 12.3. The van der Waals surface area contributed by atoms with E-state index in [1.807, 2.05) is 18.2 Å². The van der Waals surface area contributed by atoms with Crippen LogP contribution in [0.2, 0.25) is 0 Å². The third-order valence-electron chi connectivity index (χ3n) is 3.42. The Kier molecular flexibility index (Phi) is 3.57. The number of carbonyl (C=O) groups is 1. The summed E-state index contributed by atoms with van der Waals surface area (Å²) in [5.74, 6) is -0.322. The average molecular weight is 334 g/mol. The molecular weight excluding hydrogens is 321 g/mol. The summed E-state index contributed by atoms with van der Waals surface area (Å²) in [7, 11) is 0. The van der Waals surface area contributed by atoms with Gasteiger partial charge in [-0.3, -0.25) is 4.79 Å². The molecule has 0 amide bonds. The number of hydrogen-bond donors (Lipinski definition) is 1. The summed E-state index contributed by atoms with van der Waals surface area (Å²) in [6, 6.07) is 10.3. The smallest absolute Gasteiger partial charge is 0.167 e. The lowest BCUT2D eigenvalue weighted by atomic mass is 10.0. The van der Waals surface area contributed by atoms with Crippen molar-refractivity contribution in [1.82, 2.24) is 0 Å². The standard InChI is InChI=1S/C16H13BrFNO/c17-13-5-10(6-14(18)9-13)7-16(20)12-1-2-15-11(8-12)3-4-19-15/h1-2,5-6,8-9,19H,3-4,7H2. The van der Waals surface area contributed by atoms with Crippen LogP contribution >= 0.6 is 15.9 Å². The third kappa shape index (κ3) is 2.75. The van der Waals surface area contributed by atoms with Gasteiger partial charge in [0.2, 0.25) is 0 Å². The maximum Gasteiger partial charge on any atom is 0.167 e. The maximum absolute atomic E-state index is 13.3. The number of ketones is 1. The van der Waals surface area contributed by atoms with Gasteiger partial charge in [-0.25, -0.2) is 4.39 Å². The molecule has 0 spiro atoms. The molecule has 2 nitrogen and oxygen atoms in total. The first-order chi connectivity index (χ1) is 9.61. The van der Waals surface area contributed by atoms with E-state index in [9.17, 15) is 9.18 Å². The third-order valence-corrected chi connectivity index (χ3v) is 3.88. The molecule has 1 heterocycles. The molecule has 20 heavy (non-hydrogen) atoms. The van der Waals surface area contributed by atoms with Crippen molar-refractivity contribution >= 4 is 27.4 Å². The molecule has 102 valence electrons. The Bertz CT molecular complexity index is 664. The van der Waals surface area contributed by atoms with E-state index < -0.39 is 0 Å². The van der Waals surface area contributed by atoms with Crippen LogP contribution in [0.4, 0.5) is 10.1 Å². The van der Waals surface area contributed by atoms with Crippen LogP contribution in [0.15, 0.2) is 40.9 Å². The Morgan fingerprint density at radius 2 is 2.10 bits per heavy atom. The molecule has 4 heteroatoms. The Labute approximate surface area is 125 Å². The van der Waals surface area contributed by atoms with Crippen molar-refractivity contribution in [2.24, 2.45) is 0 Å². The van der Waals surface area contributed by atoms with Gasteiger partial charge in [-0.15, -0.1) is 0 Å². The number of carbonyl (C=O) groups excluding carboxylic acids is 1. The summed E-state index contributed by atoms with van der Waals surface area (Å²) in [6.45, 7) is 0.920. The molecule has 1 N–H and O–H groups in total. The van der Waals surface area contributed by atoms with Gasteiger partial charge in [0.25, 0.3) is 0 Å². The summed E-state index contributed by atoms with van der Waals surface area (Å²) in [4.78, 5) is 12.3. The van der Waals surface area contributed by atoms with E-state index in [4.69, 9.17) is 0 Å². The highest BCUT2D eigenvalue weighted by atomic mass is 79.9.